The predicted molar refractivity (Wildman–Crippen MR) is 112 cm³/mol. The zero-order valence-corrected chi connectivity index (χ0v) is 17.9. The van der Waals surface area contributed by atoms with E-state index in [2.05, 4.69) is 49.8 Å². The molecule has 1 aromatic heterocycles. The van der Waals surface area contributed by atoms with Crippen molar-refractivity contribution in [2.24, 2.45) is 4.99 Å². The van der Waals surface area contributed by atoms with Crippen LogP contribution in [0, 0.1) is 0 Å². The van der Waals surface area contributed by atoms with Gasteiger partial charge in [-0.2, -0.15) is 0 Å². The second-order valence-electron chi connectivity index (χ2n) is 4.53. The molecule has 2 aromatic rings. The molecule has 4 nitrogen and oxygen atoms in total. The van der Waals surface area contributed by atoms with E-state index >= 15 is 0 Å². The molecule has 0 bridgehead atoms. The topological polar surface area (TPSA) is 45.6 Å². The molecule has 0 aliphatic carbocycles. The number of nitrogens with one attached hydrogen (secondary N) is 2. The van der Waals surface area contributed by atoms with Gasteiger partial charge in [-0.05, 0) is 41.1 Å². The third kappa shape index (κ3) is 6.68. The maximum absolute atomic E-state index is 5.63. The number of hydrogen-bond donors (Lipinski definition) is 2. The molecule has 1 aromatic carbocycles. The first-order valence-electron chi connectivity index (χ1n) is 7.12. The summed E-state index contributed by atoms with van der Waals surface area (Å²) in [6.45, 7) is 4.08. The monoisotopic (exact) mass is 509 g/mol. The molecule has 0 aliphatic rings. The fraction of sp³-hybridized carbons (Fsp3) is 0.312. The maximum atomic E-state index is 5.63. The molecule has 7 heteroatoms. The number of hydrogen-bond acceptors (Lipinski definition) is 3. The molecule has 1 heterocycles. The van der Waals surface area contributed by atoms with Crippen LogP contribution >= 0.6 is 51.2 Å². The standard InChI is InChI=1S/C16H20BrN3OS.HI/c1-3-21-14-7-5-4-6-12(14)10-19-16(18-2)20-11-13-8-9-15(17)22-13;/h4-9H,3,10-11H2,1-2H3,(H2,18,19,20);1H. The Hall–Kier alpha value is -0.800. The molecule has 0 amide bonds. The number of halogens is 2. The lowest BCUT2D eigenvalue weighted by atomic mass is 10.2. The van der Waals surface area contributed by atoms with Crippen LogP contribution < -0.4 is 15.4 Å². The van der Waals surface area contributed by atoms with E-state index in [1.165, 1.54) is 4.88 Å². The van der Waals surface area contributed by atoms with Crippen molar-refractivity contribution < 1.29 is 4.74 Å². The van der Waals surface area contributed by atoms with Gasteiger partial charge in [-0.15, -0.1) is 35.3 Å². The van der Waals surface area contributed by atoms with E-state index in [1.54, 1.807) is 18.4 Å². The molecule has 0 unspecified atom stereocenters. The van der Waals surface area contributed by atoms with Crippen molar-refractivity contribution in [2.75, 3.05) is 13.7 Å². The Labute approximate surface area is 166 Å². The minimum Gasteiger partial charge on any atom is -0.494 e. The number of para-hydroxylation sites is 1. The summed E-state index contributed by atoms with van der Waals surface area (Å²) < 4.78 is 6.77. The van der Waals surface area contributed by atoms with Gasteiger partial charge in [-0.25, -0.2) is 0 Å². The van der Waals surface area contributed by atoms with Crippen molar-refractivity contribution >= 4 is 57.2 Å². The van der Waals surface area contributed by atoms with Crippen molar-refractivity contribution in [2.45, 2.75) is 20.0 Å². The molecule has 0 atom stereocenters. The van der Waals surface area contributed by atoms with E-state index < -0.39 is 0 Å². The van der Waals surface area contributed by atoms with Gasteiger partial charge in [0.05, 0.1) is 16.9 Å². The number of aliphatic imine (C=N–C) groups is 1. The minimum absolute atomic E-state index is 0. The van der Waals surface area contributed by atoms with E-state index in [9.17, 15) is 0 Å². The van der Waals surface area contributed by atoms with Crippen LogP contribution in [0.15, 0.2) is 45.2 Å². The number of rotatable bonds is 6. The van der Waals surface area contributed by atoms with E-state index in [-0.39, 0.29) is 24.0 Å². The fourth-order valence-electron chi connectivity index (χ4n) is 1.96. The number of ether oxygens (including phenoxy) is 1. The van der Waals surface area contributed by atoms with Crippen molar-refractivity contribution in [3.8, 4) is 5.75 Å². The van der Waals surface area contributed by atoms with Gasteiger partial charge in [0.25, 0.3) is 0 Å². The Morgan fingerprint density at radius 1 is 1.17 bits per heavy atom. The Balaban J connectivity index is 0.00000264. The van der Waals surface area contributed by atoms with Crippen molar-refractivity contribution in [1.29, 1.82) is 0 Å². The molecule has 0 spiro atoms. The van der Waals surface area contributed by atoms with Gasteiger partial charge in [0, 0.05) is 24.0 Å². The van der Waals surface area contributed by atoms with Gasteiger partial charge in [0.15, 0.2) is 5.96 Å². The third-order valence-electron chi connectivity index (χ3n) is 3.00. The van der Waals surface area contributed by atoms with Crippen molar-refractivity contribution in [3.63, 3.8) is 0 Å². The van der Waals surface area contributed by atoms with Crippen LogP contribution in [-0.4, -0.2) is 19.6 Å². The molecule has 23 heavy (non-hydrogen) atoms. The number of benzene rings is 1. The molecule has 0 fully saturated rings. The fourth-order valence-corrected chi connectivity index (χ4v) is 3.39. The van der Waals surface area contributed by atoms with Gasteiger partial charge in [0.1, 0.15) is 5.75 Å². The molecule has 2 N–H and O–H groups in total. The summed E-state index contributed by atoms with van der Waals surface area (Å²) >= 11 is 5.19. The first kappa shape index (κ1) is 20.2. The van der Waals surface area contributed by atoms with Gasteiger partial charge in [-0.1, -0.05) is 18.2 Å². The Bertz CT molecular complexity index is 633. The number of thiophene rings is 1. The summed E-state index contributed by atoms with van der Waals surface area (Å²) in [5.74, 6) is 1.69. The Kier molecular flexibility index (Phi) is 9.57. The molecule has 0 saturated heterocycles. The lowest BCUT2D eigenvalue weighted by Gasteiger charge is -2.14. The average molecular weight is 510 g/mol. The summed E-state index contributed by atoms with van der Waals surface area (Å²) in [5.41, 5.74) is 1.12. The van der Waals surface area contributed by atoms with Crippen LogP contribution in [0.2, 0.25) is 0 Å². The maximum Gasteiger partial charge on any atom is 0.191 e. The normalized spacial score (nSPS) is 10.8. The van der Waals surface area contributed by atoms with Crippen LogP contribution in [0.5, 0.6) is 5.75 Å². The zero-order chi connectivity index (χ0) is 15.8. The third-order valence-corrected chi connectivity index (χ3v) is 4.62. The van der Waals surface area contributed by atoms with Crippen LogP contribution in [0.4, 0.5) is 0 Å². The molecular formula is C16H21BrIN3OS. The van der Waals surface area contributed by atoms with E-state index in [0.29, 0.717) is 13.2 Å². The zero-order valence-electron chi connectivity index (χ0n) is 13.1. The SMILES string of the molecule is CCOc1ccccc1CNC(=NC)NCc1ccc(Br)s1.I. The van der Waals surface area contributed by atoms with Gasteiger partial charge in [0.2, 0.25) is 0 Å². The average Bonchev–Trinajstić information content (AvgIpc) is 2.95. The first-order chi connectivity index (χ1) is 10.7. The molecule has 2 rings (SSSR count). The number of guanidine groups is 1. The van der Waals surface area contributed by atoms with E-state index in [0.717, 1.165) is 27.6 Å². The minimum atomic E-state index is 0. The highest BCUT2D eigenvalue weighted by molar-refractivity contribution is 14.0. The van der Waals surface area contributed by atoms with Crippen LogP contribution in [0.1, 0.15) is 17.4 Å². The smallest absolute Gasteiger partial charge is 0.191 e. The van der Waals surface area contributed by atoms with E-state index in [4.69, 9.17) is 4.74 Å². The highest BCUT2D eigenvalue weighted by atomic mass is 127. The predicted octanol–water partition coefficient (Wildman–Crippen LogP) is 4.39. The summed E-state index contributed by atoms with van der Waals surface area (Å²) in [6.07, 6.45) is 0. The molecule has 0 aliphatic heterocycles. The summed E-state index contributed by atoms with van der Waals surface area (Å²) in [4.78, 5) is 5.50. The molecule has 0 radical (unpaired) electrons. The summed E-state index contributed by atoms with van der Waals surface area (Å²) in [6, 6.07) is 12.2. The second-order valence-corrected chi connectivity index (χ2v) is 7.07. The quantitative estimate of drug-likeness (QED) is 0.345. The van der Waals surface area contributed by atoms with Gasteiger partial charge >= 0.3 is 0 Å². The van der Waals surface area contributed by atoms with E-state index in [1.807, 2.05) is 25.1 Å². The molecule has 126 valence electrons. The van der Waals surface area contributed by atoms with Crippen molar-refractivity contribution in [1.82, 2.24) is 10.6 Å². The Morgan fingerprint density at radius 3 is 2.57 bits per heavy atom. The largest absolute Gasteiger partial charge is 0.494 e. The lowest BCUT2D eigenvalue weighted by molar-refractivity contribution is 0.336. The van der Waals surface area contributed by atoms with Crippen LogP contribution in [-0.2, 0) is 13.1 Å². The van der Waals surface area contributed by atoms with Gasteiger partial charge < -0.3 is 15.4 Å². The lowest BCUT2D eigenvalue weighted by Crippen LogP contribution is -2.36. The second kappa shape index (κ2) is 10.9. The van der Waals surface area contributed by atoms with Crippen LogP contribution in [0.3, 0.4) is 0 Å². The summed E-state index contributed by atoms with van der Waals surface area (Å²) in [5, 5.41) is 6.62. The Morgan fingerprint density at radius 2 is 1.91 bits per heavy atom. The molecule has 0 saturated carbocycles. The summed E-state index contributed by atoms with van der Waals surface area (Å²) in [7, 11) is 1.77. The highest BCUT2D eigenvalue weighted by Gasteiger charge is 2.04. The van der Waals surface area contributed by atoms with Gasteiger partial charge in [-0.3, -0.25) is 4.99 Å². The number of nitrogens with zero attached hydrogens (tertiary/aromatic N) is 1. The van der Waals surface area contributed by atoms with Crippen molar-refractivity contribution in [3.05, 3.63) is 50.6 Å². The first-order valence-corrected chi connectivity index (χ1v) is 8.73. The highest BCUT2D eigenvalue weighted by Crippen LogP contribution is 2.21. The molecular weight excluding hydrogens is 489 g/mol. The van der Waals surface area contributed by atoms with Crippen LogP contribution in [0.25, 0.3) is 0 Å².